The highest BCUT2D eigenvalue weighted by Crippen LogP contribution is 2.21. The Balaban J connectivity index is 1.75. The molecule has 4 N–H and O–H groups in total. The van der Waals surface area contributed by atoms with Gasteiger partial charge in [-0.2, -0.15) is 0 Å². The van der Waals surface area contributed by atoms with E-state index in [4.69, 9.17) is 5.73 Å². The smallest absolute Gasteiger partial charge is 0.330 e. The standard InChI is InChI=1S/C24H29N5O3/c1-3-5-15-29-22(25)21(23(31)27-24(29)32)28(4-2)16-20(30)26-19-13-11-18(12-14-19)17-9-7-6-8-10-17/h6-14H,3-5,15-16,25H2,1-2H3,(H,26,30)(H,27,31,32). The molecule has 0 saturated carbocycles. The molecule has 8 heteroatoms. The molecule has 0 aliphatic carbocycles. The van der Waals surface area contributed by atoms with Crippen LogP contribution in [0.4, 0.5) is 17.2 Å². The Labute approximate surface area is 186 Å². The molecule has 3 aromatic rings. The molecular weight excluding hydrogens is 406 g/mol. The summed E-state index contributed by atoms with van der Waals surface area (Å²) in [4.78, 5) is 41.2. The molecule has 0 unspecified atom stereocenters. The third-order valence-corrected chi connectivity index (χ3v) is 5.26. The van der Waals surface area contributed by atoms with E-state index < -0.39 is 11.2 Å². The number of carbonyl (C=O) groups excluding carboxylic acids is 1. The van der Waals surface area contributed by atoms with Crippen LogP contribution in [0.15, 0.2) is 64.2 Å². The highest BCUT2D eigenvalue weighted by atomic mass is 16.2. The number of carbonyl (C=O) groups is 1. The molecule has 3 rings (SSSR count). The van der Waals surface area contributed by atoms with E-state index in [1.165, 1.54) is 4.57 Å². The average molecular weight is 436 g/mol. The lowest BCUT2D eigenvalue weighted by atomic mass is 10.1. The van der Waals surface area contributed by atoms with Crippen LogP contribution in [-0.4, -0.2) is 28.5 Å². The van der Waals surface area contributed by atoms with Crippen LogP contribution >= 0.6 is 0 Å². The summed E-state index contributed by atoms with van der Waals surface area (Å²) in [5.74, 6) is -0.210. The molecule has 1 aromatic heterocycles. The number of anilines is 3. The molecule has 0 spiro atoms. The number of likely N-dealkylation sites (N-methyl/N-ethyl adjacent to an activating group) is 1. The van der Waals surface area contributed by atoms with Crippen molar-refractivity contribution in [2.24, 2.45) is 0 Å². The molecule has 1 heterocycles. The number of amides is 1. The van der Waals surface area contributed by atoms with Crippen LogP contribution in [0.5, 0.6) is 0 Å². The van der Waals surface area contributed by atoms with E-state index in [9.17, 15) is 14.4 Å². The second-order valence-corrected chi connectivity index (χ2v) is 7.50. The van der Waals surface area contributed by atoms with E-state index in [1.54, 1.807) is 4.90 Å². The number of aromatic nitrogens is 2. The summed E-state index contributed by atoms with van der Waals surface area (Å²) in [7, 11) is 0. The number of hydrogen-bond acceptors (Lipinski definition) is 5. The van der Waals surface area contributed by atoms with Crippen molar-refractivity contribution in [2.45, 2.75) is 33.2 Å². The first kappa shape index (κ1) is 22.9. The fraction of sp³-hybridized carbons (Fsp3) is 0.292. The molecule has 0 radical (unpaired) electrons. The SMILES string of the molecule is CCCCn1c(N)c(N(CC)CC(=O)Nc2ccc(-c3ccccc3)cc2)c(=O)[nH]c1=O. The van der Waals surface area contributed by atoms with Crippen molar-refractivity contribution in [1.82, 2.24) is 9.55 Å². The van der Waals surface area contributed by atoms with Gasteiger partial charge >= 0.3 is 5.69 Å². The van der Waals surface area contributed by atoms with Crippen LogP contribution in [0.2, 0.25) is 0 Å². The molecule has 0 saturated heterocycles. The zero-order valence-corrected chi connectivity index (χ0v) is 18.4. The number of nitrogens with one attached hydrogen (secondary N) is 2. The number of nitrogen functional groups attached to an aromatic ring is 1. The predicted molar refractivity (Wildman–Crippen MR) is 129 cm³/mol. The predicted octanol–water partition coefficient (Wildman–Crippen LogP) is 3.05. The van der Waals surface area contributed by atoms with Crippen LogP contribution < -0.4 is 27.2 Å². The Morgan fingerprint density at radius 2 is 1.69 bits per heavy atom. The highest BCUT2D eigenvalue weighted by Gasteiger charge is 2.20. The van der Waals surface area contributed by atoms with Crippen molar-refractivity contribution in [3.63, 3.8) is 0 Å². The number of unbranched alkanes of at least 4 members (excludes halogenated alkanes) is 1. The largest absolute Gasteiger partial charge is 0.383 e. The molecule has 8 nitrogen and oxygen atoms in total. The highest BCUT2D eigenvalue weighted by molar-refractivity contribution is 5.94. The lowest BCUT2D eigenvalue weighted by Gasteiger charge is -2.24. The van der Waals surface area contributed by atoms with Gasteiger partial charge in [-0.05, 0) is 36.6 Å². The van der Waals surface area contributed by atoms with E-state index >= 15 is 0 Å². The van der Waals surface area contributed by atoms with Gasteiger partial charge in [0.05, 0.1) is 6.54 Å². The quantitative estimate of drug-likeness (QED) is 0.478. The number of nitrogens with zero attached hydrogens (tertiary/aromatic N) is 2. The molecule has 2 aromatic carbocycles. The first-order valence-corrected chi connectivity index (χ1v) is 10.8. The van der Waals surface area contributed by atoms with E-state index in [1.807, 2.05) is 68.4 Å². The summed E-state index contributed by atoms with van der Waals surface area (Å²) in [6.07, 6.45) is 1.63. The molecule has 0 fully saturated rings. The van der Waals surface area contributed by atoms with E-state index in [0.717, 1.165) is 24.0 Å². The zero-order chi connectivity index (χ0) is 23.1. The summed E-state index contributed by atoms with van der Waals surface area (Å²) in [5, 5.41) is 2.85. The van der Waals surface area contributed by atoms with Gasteiger partial charge in [0.25, 0.3) is 5.56 Å². The van der Waals surface area contributed by atoms with Gasteiger partial charge in [-0.3, -0.25) is 19.1 Å². The molecule has 0 aliphatic rings. The Kier molecular flexibility index (Phi) is 7.49. The Morgan fingerprint density at radius 3 is 2.31 bits per heavy atom. The maximum atomic E-state index is 12.7. The zero-order valence-electron chi connectivity index (χ0n) is 18.4. The fourth-order valence-corrected chi connectivity index (χ4v) is 3.52. The minimum Gasteiger partial charge on any atom is -0.383 e. The first-order chi connectivity index (χ1) is 15.4. The van der Waals surface area contributed by atoms with Gasteiger partial charge in [0.15, 0.2) is 0 Å². The van der Waals surface area contributed by atoms with Gasteiger partial charge in [0.2, 0.25) is 5.91 Å². The molecule has 0 bridgehead atoms. The topological polar surface area (TPSA) is 113 Å². The van der Waals surface area contributed by atoms with Crippen LogP contribution in [0, 0.1) is 0 Å². The number of hydrogen-bond donors (Lipinski definition) is 3. The van der Waals surface area contributed by atoms with Crippen molar-refractivity contribution < 1.29 is 4.79 Å². The van der Waals surface area contributed by atoms with Crippen LogP contribution in [0.25, 0.3) is 11.1 Å². The van der Waals surface area contributed by atoms with Gasteiger partial charge in [-0.15, -0.1) is 0 Å². The Bertz CT molecular complexity index is 1170. The summed E-state index contributed by atoms with van der Waals surface area (Å²) in [6, 6.07) is 17.5. The Hall–Kier alpha value is -3.81. The first-order valence-electron chi connectivity index (χ1n) is 10.8. The number of rotatable bonds is 9. The molecule has 32 heavy (non-hydrogen) atoms. The fourth-order valence-electron chi connectivity index (χ4n) is 3.52. The lowest BCUT2D eigenvalue weighted by Crippen LogP contribution is -2.41. The van der Waals surface area contributed by atoms with E-state index in [-0.39, 0.29) is 24.0 Å². The second kappa shape index (κ2) is 10.5. The number of H-pyrrole nitrogens is 1. The van der Waals surface area contributed by atoms with E-state index in [2.05, 4.69) is 10.3 Å². The molecule has 1 amide bonds. The van der Waals surface area contributed by atoms with Crippen molar-refractivity contribution in [1.29, 1.82) is 0 Å². The monoisotopic (exact) mass is 435 g/mol. The van der Waals surface area contributed by atoms with Crippen LogP contribution in [0.3, 0.4) is 0 Å². The summed E-state index contributed by atoms with van der Waals surface area (Å²) < 4.78 is 1.35. The minimum atomic E-state index is -0.595. The molecule has 0 atom stereocenters. The lowest BCUT2D eigenvalue weighted by molar-refractivity contribution is -0.115. The molecular formula is C24H29N5O3. The van der Waals surface area contributed by atoms with Gasteiger partial charge in [0, 0.05) is 18.8 Å². The third kappa shape index (κ3) is 5.26. The summed E-state index contributed by atoms with van der Waals surface area (Å²) >= 11 is 0. The van der Waals surface area contributed by atoms with Crippen LogP contribution in [0.1, 0.15) is 26.7 Å². The van der Waals surface area contributed by atoms with Gasteiger partial charge in [0.1, 0.15) is 11.5 Å². The molecule has 0 aliphatic heterocycles. The van der Waals surface area contributed by atoms with Gasteiger partial charge < -0.3 is 16.0 Å². The van der Waals surface area contributed by atoms with Crippen molar-refractivity contribution in [3.8, 4) is 11.1 Å². The number of benzene rings is 2. The summed E-state index contributed by atoms with van der Waals surface area (Å²) in [6.45, 7) is 4.53. The maximum absolute atomic E-state index is 12.7. The van der Waals surface area contributed by atoms with Gasteiger partial charge in [-0.1, -0.05) is 55.8 Å². The van der Waals surface area contributed by atoms with Crippen LogP contribution in [-0.2, 0) is 11.3 Å². The molecule has 168 valence electrons. The third-order valence-electron chi connectivity index (χ3n) is 5.26. The summed E-state index contributed by atoms with van der Waals surface area (Å²) in [5.41, 5.74) is 7.97. The van der Waals surface area contributed by atoms with Crippen molar-refractivity contribution >= 4 is 23.1 Å². The maximum Gasteiger partial charge on any atom is 0.330 e. The van der Waals surface area contributed by atoms with Gasteiger partial charge in [-0.25, -0.2) is 4.79 Å². The minimum absolute atomic E-state index is 0.0732. The van der Waals surface area contributed by atoms with E-state index in [0.29, 0.717) is 18.8 Å². The van der Waals surface area contributed by atoms with Crippen molar-refractivity contribution in [3.05, 3.63) is 75.4 Å². The number of nitrogens with two attached hydrogens (primary N) is 1. The number of aromatic amines is 1. The average Bonchev–Trinajstić information content (AvgIpc) is 2.79. The second-order valence-electron chi connectivity index (χ2n) is 7.50. The Morgan fingerprint density at radius 1 is 1.03 bits per heavy atom. The normalized spacial score (nSPS) is 10.7. The van der Waals surface area contributed by atoms with Crippen molar-refractivity contribution in [2.75, 3.05) is 29.0 Å².